The van der Waals surface area contributed by atoms with E-state index in [0.717, 1.165) is 31.5 Å². The summed E-state index contributed by atoms with van der Waals surface area (Å²) in [6.45, 7) is 3.69. The van der Waals surface area contributed by atoms with Crippen molar-refractivity contribution in [3.8, 4) is 0 Å². The van der Waals surface area contributed by atoms with Gasteiger partial charge < -0.3 is 16.4 Å². The Labute approximate surface area is 140 Å². The molecule has 24 heavy (non-hydrogen) atoms. The third-order valence-electron chi connectivity index (χ3n) is 4.25. The predicted octanol–water partition coefficient (Wildman–Crippen LogP) is 1.47. The number of carbonyl (C=O) groups is 2. The minimum atomic E-state index is -0.516. The molecule has 3 rings (SSSR count). The first kappa shape index (κ1) is 16.2. The van der Waals surface area contributed by atoms with Crippen LogP contribution < -0.4 is 16.4 Å². The predicted molar refractivity (Wildman–Crippen MR) is 91.0 cm³/mol. The number of aryl methyl sites for hydroxylation is 1. The molecular weight excluding hydrogens is 306 g/mol. The minimum absolute atomic E-state index is 0.279. The average Bonchev–Trinajstić information content (AvgIpc) is 3.07. The monoisotopic (exact) mass is 327 g/mol. The van der Waals surface area contributed by atoms with E-state index in [9.17, 15) is 9.59 Å². The Morgan fingerprint density at radius 3 is 2.92 bits per heavy atom. The second-order valence-electron chi connectivity index (χ2n) is 6.03. The molecule has 4 N–H and O–H groups in total. The zero-order valence-corrected chi connectivity index (χ0v) is 13.6. The van der Waals surface area contributed by atoms with Crippen LogP contribution in [0.4, 0.5) is 5.69 Å². The highest BCUT2D eigenvalue weighted by Crippen LogP contribution is 2.18. The van der Waals surface area contributed by atoms with E-state index in [2.05, 4.69) is 15.7 Å². The third-order valence-corrected chi connectivity index (χ3v) is 4.25. The van der Waals surface area contributed by atoms with Gasteiger partial charge in [0.2, 0.25) is 5.91 Å². The Hall–Kier alpha value is -2.67. The van der Waals surface area contributed by atoms with Gasteiger partial charge in [0.05, 0.1) is 6.04 Å². The van der Waals surface area contributed by atoms with Crippen molar-refractivity contribution < 1.29 is 9.59 Å². The Balaban J connectivity index is 1.72. The van der Waals surface area contributed by atoms with Crippen LogP contribution >= 0.6 is 0 Å². The van der Waals surface area contributed by atoms with Gasteiger partial charge in [0.25, 0.3) is 5.91 Å². The van der Waals surface area contributed by atoms with Gasteiger partial charge in [-0.1, -0.05) is 6.07 Å². The van der Waals surface area contributed by atoms with Crippen LogP contribution in [-0.2, 0) is 0 Å². The Kier molecular flexibility index (Phi) is 4.61. The second-order valence-corrected chi connectivity index (χ2v) is 6.03. The van der Waals surface area contributed by atoms with Crippen LogP contribution in [0.2, 0.25) is 0 Å². The highest BCUT2D eigenvalue weighted by molar-refractivity contribution is 6.04. The van der Waals surface area contributed by atoms with Gasteiger partial charge >= 0.3 is 0 Å². The number of piperidine rings is 1. The fourth-order valence-corrected chi connectivity index (χ4v) is 2.88. The van der Waals surface area contributed by atoms with Gasteiger partial charge in [0, 0.05) is 24.0 Å². The van der Waals surface area contributed by atoms with Crippen LogP contribution in [0.1, 0.15) is 45.3 Å². The molecule has 0 saturated carbocycles. The molecule has 1 atom stereocenters. The number of carbonyl (C=O) groups excluding carboxylic acids is 2. The summed E-state index contributed by atoms with van der Waals surface area (Å²) in [7, 11) is 0. The van der Waals surface area contributed by atoms with Crippen molar-refractivity contribution in [1.82, 2.24) is 15.1 Å². The molecule has 126 valence electrons. The largest absolute Gasteiger partial charge is 0.366 e. The number of nitrogens with one attached hydrogen (secondary N) is 2. The molecule has 1 aliphatic rings. The lowest BCUT2D eigenvalue weighted by Gasteiger charge is -2.22. The first-order valence-electron chi connectivity index (χ1n) is 8.02. The quantitative estimate of drug-likeness (QED) is 0.791. The van der Waals surface area contributed by atoms with Crippen LogP contribution in [0, 0.1) is 6.92 Å². The molecule has 0 bridgehead atoms. The molecule has 1 fully saturated rings. The highest BCUT2D eigenvalue weighted by atomic mass is 16.2. The van der Waals surface area contributed by atoms with Crippen LogP contribution in [-0.4, -0.2) is 34.7 Å². The zero-order valence-electron chi connectivity index (χ0n) is 13.6. The fraction of sp³-hybridized carbons (Fsp3) is 0.353. The van der Waals surface area contributed by atoms with Gasteiger partial charge in [-0.2, -0.15) is 5.10 Å². The molecule has 2 heterocycles. The van der Waals surface area contributed by atoms with E-state index in [4.69, 9.17) is 5.73 Å². The second kappa shape index (κ2) is 6.84. The number of amides is 2. The molecule has 1 aliphatic heterocycles. The van der Waals surface area contributed by atoms with E-state index in [1.54, 1.807) is 31.2 Å². The van der Waals surface area contributed by atoms with Crippen molar-refractivity contribution in [2.45, 2.75) is 25.8 Å². The van der Waals surface area contributed by atoms with Crippen LogP contribution in [0.5, 0.6) is 0 Å². The SMILES string of the molecule is Cc1ccc(NC(=O)c2ccn(C3CCCNC3)n2)cc1C(N)=O. The van der Waals surface area contributed by atoms with Crippen molar-refractivity contribution in [3.63, 3.8) is 0 Å². The molecule has 2 amide bonds. The molecular formula is C17H21N5O2. The van der Waals surface area contributed by atoms with E-state index in [-0.39, 0.29) is 11.9 Å². The zero-order chi connectivity index (χ0) is 17.1. The van der Waals surface area contributed by atoms with Gasteiger partial charge in [0.15, 0.2) is 5.69 Å². The minimum Gasteiger partial charge on any atom is -0.366 e. The summed E-state index contributed by atoms with van der Waals surface area (Å²) in [6.07, 6.45) is 3.98. The molecule has 1 aromatic carbocycles. The van der Waals surface area contributed by atoms with E-state index in [1.165, 1.54) is 0 Å². The van der Waals surface area contributed by atoms with E-state index < -0.39 is 5.91 Å². The number of primary amides is 1. The number of hydrogen-bond donors (Lipinski definition) is 3. The number of rotatable bonds is 4. The molecule has 7 heteroatoms. The van der Waals surface area contributed by atoms with Crippen molar-refractivity contribution in [3.05, 3.63) is 47.3 Å². The van der Waals surface area contributed by atoms with Crippen molar-refractivity contribution in [2.75, 3.05) is 18.4 Å². The molecule has 0 radical (unpaired) electrons. The Bertz CT molecular complexity index is 762. The van der Waals surface area contributed by atoms with Crippen molar-refractivity contribution >= 4 is 17.5 Å². The number of hydrogen-bond acceptors (Lipinski definition) is 4. The lowest BCUT2D eigenvalue weighted by molar-refractivity contribution is 0.0994. The maximum absolute atomic E-state index is 12.4. The Morgan fingerprint density at radius 1 is 1.38 bits per heavy atom. The van der Waals surface area contributed by atoms with Crippen LogP contribution in [0.15, 0.2) is 30.5 Å². The lowest BCUT2D eigenvalue weighted by Crippen LogP contribution is -2.32. The van der Waals surface area contributed by atoms with Gasteiger partial charge in [-0.05, 0) is 50.1 Å². The molecule has 1 aromatic heterocycles. The summed E-state index contributed by atoms with van der Waals surface area (Å²) in [4.78, 5) is 23.8. The summed E-state index contributed by atoms with van der Waals surface area (Å²) in [6, 6.07) is 7.05. The first-order chi connectivity index (χ1) is 11.5. The van der Waals surface area contributed by atoms with E-state index in [1.807, 2.05) is 10.9 Å². The highest BCUT2D eigenvalue weighted by Gasteiger charge is 2.18. The van der Waals surface area contributed by atoms with Gasteiger partial charge in [-0.25, -0.2) is 0 Å². The van der Waals surface area contributed by atoms with E-state index in [0.29, 0.717) is 16.9 Å². The lowest BCUT2D eigenvalue weighted by atomic mass is 10.1. The standard InChI is InChI=1S/C17H21N5O2/c1-11-4-5-12(9-14(11)16(18)23)20-17(24)15-6-8-22(21-15)13-3-2-7-19-10-13/h4-6,8-9,13,19H,2-3,7,10H2,1H3,(H2,18,23)(H,20,24). The number of anilines is 1. The van der Waals surface area contributed by atoms with Crippen LogP contribution in [0.3, 0.4) is 0 Å². The molecule has 2 aromatic rings. The molecule has 0 aliphatic carbocycles. The molecule has 7 nitrogen and oxygen atoms in total. The number of aromatic nitrogens is 2. The van der Waals surface area contributed by atoms with Gasteiger partial charge in [-0.15, -0.1) is 0 Å². The number of nitrogens with zero attached hydrogens (tertiary/aromatic N) is 2. The summed E-state index contributed by atoms with van der Waals surface area (Å²) >= 11 is 0. The molecule has 1 saturated heterocycles. The van der Waals surface area contributed by atoms with Crippen LogP contribution in [0.25, 0.3) is 0 Å². The average molecular weight is 327 g/mol. The van der Waals surface area contributed by atoms with Crippen molar-refractivity contribution in [1.29, 1.82) is 0 Å². The third kappa shape index (κ3) is 3.46. The first-order valence-corrected chi connectivity index (χ1v) is 8.02. The molecule has 1 unspecified atom stereocenters. The van der Waals surface area contributed by atoms with Gasteiger partial charge in [-0.3, -0.25) is 14.3 Å². The van der Waals surface area contributed by atoms with Gasteiger partial charge in [0.1, 0.15) is 0 Å². The van der Waals surface area contributed by atoms with Crippen molar-refractivity contribution in [2.24, 2.45) is 5.73 Å². The molecule has 0 spiro atoms. The summed E-state index contributed by atoms with van der Waals surface area (Å²) in [5, 5.41) is 10.5. The fourth-order valence-electron chi connectivity index (χ4n) is 2.88. The topological polar surface area (TPSA) is 102 Å². The summed E-state index contributed by atoms with van der Waals surface area (Å²) in [5.41, 5.74) is 7.38. The number of nitrogens with two attached hydrogens (primary N) is 1. The maximum Gasteiger partial charge on any atom is 0.276 e. The summed E-state index contributed by atoms with van der Waals surface area (Å²) < 4.78 is 1.84. The normalized spacial score (nSPS) is 17.5. The number of benzene rings is 1. The Morgan fingerprint density at radius 2 is 2.21 bits per heavy atom. The summed E-state index contributed by atoms with van der Waals surface area (Å²) in [5.74, 6) is -0.825. The maximum atomic E-state index is 12.4. The smallest absolute Gasteiger partial charge is 0.276 e. The van der Waals surface area contributed by atoms with E-state index >= 15 is 0 Å².